The number of hydrogen-bond donors (Lipinski definition) is 0. The fraction of sp³-hybridized carbons (Fsp3) is 0.0400. The molecule has 0 heteroatoms. The van der Waals surface area contributed by atoms with Crippen LogP contribution in [0.1, 0.15) is 11.1 Å². The van der Waals surface area contributed by atoms with Crippen molar-refractivity contribution in [2.75, 3.05) is 0 Å². The molecule has 1 aliphatic carbocycles. The van der Waals surface area contributed by atoms with Crippen LogP contribution in [-0.2, 0) is 6.42 Å². The average molecular weight is 316 g/mol. The van der Waals surface area contributed by atoms with E-state index in [-0.39, 0.29) is 0 Å². The van der Waals surface area contributed by atoms with E-state index < -0.39 is 0 Å². The van der Waals surface area contributed by atoms with Gasteiger partial charge >= 0.3 is 0 Å². The second-order valence-corrected chi connectivity index (χ2v) is 7.05. The lowest BCUT2D eigenvalue weighted by atomic mass is 9.82. The van der Waals surface area contributed by atoms with E-state index in [0.29, 0.717) is 0 Å². The van der Waals surface area contributed by atoms with E-state index in [2.05, 4.69) is 84.9 Å². The van der Waals surface area contributed by atoms with Crippen LogP contribution in [-0.4, -0.2) is 0 Å². The highest BCUT2D eigenvalue weighted by Crippen LogP contribution is 2.41. The van der Waals surface area contributed by atoms with Crippen LogP contribution < -0.4 is 0 Å². The summed E-state index contributed by atoms with van der Waals surface area (Å²) in [5.41, 5.74) is 5.66. The molecule has 0 spiro atoms. The summed E-state index contributed by atoms with van der Waals surface area (Å²) in [5, 5.41) is 8.06. The van der Waals surface area contributed by atoms with Gasteiger partial charge in [-0.1, -0.05) is 66.7 Å². The van der Waals surface area contributed by atoms with Crippen molar-refractivity contribution in [3.8, 4) is 11.1 Å². The molecular formula is C25H16. The first kappa shape index (κ1) is 13.2. The van der Waals surface area contributed by atoms with Gasteiger partial charge in [0.25, 0.3) is 0 Å². The molecule has 0 amide bonds. The molecule has 0 saturated carbocycles. The molecule has 0 fully saturated rings. The van der Waals surface area contributed by atoms with Crippen LogP contribution in [0.2, 0.25) is 0 Å². The minimum atomic E-state index is 1.02. The number of rotatable bonds is 0. The van der Waals surface area contributed by atoms with Gasteiger partial charge in [0, 0.05) is 0 Å². The van der Waals surface area contributed by atoms with Crippen LogP contribution in [0, 0.1) is 0 Å². The van der Waals surface area contributed by atoms with Gasteiger partial charge in [-0.2, -0.15) is 0 Å². The maximum Gasteiger partial charge on any atom is -0.00130 e. The van der Waals surface area contributed by atoms with Crippen LogP contribution in [0.5, 0.6) is 0 Å². The molecule has 6 rings (SSSR count). The van der Waals surface area contributed by atoms with Crippen molar-refractivity contribution in [3.63, 3.8) is 0 Å². The van der Waals surface area contributed by atoms with Crippen molar-refractivity contribution in [1.29, 1.82) is 0 Å². The molecule has 0 N–H and O–H groups in total. The summed E-state index contributed by atoms with van der Waals surface area (Å²) in [7, 11) is 0. The summed E-state index contributed by atoms with van der Waals surface area (Å²) in [5.74, 6) is 0. The number of benzene rings is 5. The lowest BCUT2D eigenvalue weighted by molar-refractivity contribution is 1.21. The zero-order valence-corrected chi connectivity index (χ0v) is 13.8. The standard InChI is InChI=1S/C25H16/c1-2-6-18-12-21-15-24-22(14-20(21)11-17(18)5-1)13-19-9-3-7-16-8-4-10-23(24)25(16)19/h1-12,14-15H,13H2. The van der Waals surface area contributed by atoms with E-state index in [0.717, 1.165) is 6.42 Å². The largest absolute Gasteiger partial charge is 0.0616 e. The first-order valence-electron chi connectivity index (χ1n) is 8.83. The maximum absolute atomic E-state index is 2.39. The highest BCUT2D eigenvalue weighted by Gasteiger charge is 2.18. The normalized spacial score (nSPS) is 12.6. The van der Waals surface area contributed by atoms with Crippen molar-refractivity contribution in [2.45, 2.75) is 6.42 Å². The molecule has 0 unspecified atom stereocenters. The lowest BCUT2D eigenvalue weighted by Crippen LogP contribution is -2.01. The monoisotopic (exact) mass is 316 g/mol. The maximum atomic E-state index is 2.39. The van der Waals surface area contributed by atoms with Gasteiger partial charge in [-0.3, -0.25) is 0 Å². The average Bonchev–Trinajstić information content (AvgIpc) is 2.65. The molecular weight excluding hydrogens is 300 g/mol. The van der Waals surface area contributed by atoms with Crippen molar-refractivity contribution < 1.29 is 0 Å². The molecule has 0 heterocycles. The van der Waals surface area contributed by atoms with Gasteiger partial charge in [-0.15, -0.1) is 0 Å². The van der Waals surface area contributed by atoms with Crippen LogP contribution >= 0.6 is 0 Å². The van der Waals surface area contributed by atoms with Crippen LogP contribution in [0.25, 0.3) is 43.4 Å². The predicted octanol–water partition coefficient (Wildman–Crippen LogP) is 6.72. The Bertz CT molecular complexity index is 1300. The third-order valence-corrected chi connectivity index (χ3v) is 5.59. The quantitative estimate of drug-likeness (QED) is 0.273. The van der Waals surface area contributed by atoms with Gasteiger partial charge in [0.05, 0.1) is 0 Å². The van der Waals surface area contributed by atoms with E-state index >= 15 is 0 Å². The molecule has 0 radical (unpaired) electrons. The Morgan fingerprint density at radius 1 is 0.440 bits per heavy atom. The van der Waals surface area contributed by atoms with Gasteiger partial charge in [0.15, 0.2) is 0 Å². The Hall–Kier alpha value is -3.12. The minimum absolute atomic E-state index is 1.02. The molecule has 0 bridgehead atoms. The Labute approximate surface area is 146 Å². The third-order valence-electron chi connectivity index (χ3n) is 5.59. The summed E-state index contributed by atoms with van der Waals surface area (Å²) < 4.78 is 0. The fourth-order valence-corrected chi connectivity index (χ4v) is 4.43. The minimum Gasteiger partial charge on any atom is -0.0616 e. The molecule has 0 nitrogen and oxygen atoms in total. The van der Waals surface area contributed by atoms with Crippen LogP contribution in [0.4, 0.5) is 0 Å². The molecule has 5 aromatic carbocycles. The van der Waals surface area contributed by atoms with Crippen molar-refractivity contribution in [2.24, 2.45) is 0 Å². The molecule has 0 saturated heterocycles. The summed E-state index contributed by atoms with van der Waals surface area (Å²) in [6, 6.07) is 31.4. The van der Waals surface area contributed by atoms with Crippen molar-refractivity contribution in [1.82, 2.24) is 0 Å². The van der Waals surface area contributed by atoms with Crippen molar-refractivity contribution >= 4 is 32.3 Å². The van der Waals surface area contributed by atoms with Gasteiger partial charge in [-0.05, 0) is 79.2 Å². The van der Waals surface area contributed by atoms with E-state index in [1.807, 2.05) is 0 Å². The van der Waals surface area contributed by atoms with Crippen LogP contribution in [0.15, 0.2) is 84.9 Å². The molecule has 1 aliphatic rings. The molecule has 25 heavy (non-hydrogen) atoms. The molecule has 0 aliphatic heterocycles. The highest BCUT2D eigenvalue weighted by molar-refractivity contribution is 6.06. The van der Waals surface area contributed by atoms with Crippen LogP contribution in [0.3, 0.4) is 0 Å². The van der Waals surface area contributed by atoms with Crippen molar-refractivity contribution in [3.05, 3.63) is 96.1 Å². The smallest absolute Gasteiger partial charge is 0.00130 e. The Morgan fingerprint density at radius 3 is 1.92 bits per heavy atom. The Balaban J connectivity index is 1.73. The van der Waals surface area contributed by atoms with Gasteiger partial charge in [-0.25, -0.2) is 0 Å². The zero-order valence-electron chi connectivity index (χ0n) is 13.8. The topological polar surface area (TPSA) is 0 Å². The second-order valence-electron chi connectivity index (χ2n) is 7.05. The van der Waals surface area contributed by atoms with E-state index in [1.54, 1.807) is 0 Å². The first-order valence-corrected chi connectivity index (χ1v) is 8.83. The zero-order chi connectivity index (χ0) is 16.4. The molecule has 0 aromatic heterocycles. The Kier molecular flexibility index (Phi) is 2.48. The van der Waals surface area contributed by atoms with E-state index in [9.17, 15) is 0 Å². The molecule has 5 aromatic rings. The van der Waals surface area contributed by atoms with Gasteiger partial charge in [0.1, 0.15) is 0 Å². The van der Waals surface area contributed by atoms with E-state index in [1.165, 1.54) is 54.6 Å². The summed E-state index contributed by atoms with van der Waals surface area (Å²) >= 11 is 0. The lowest BCUT2D eigenvalue weighted by Gasteiger charge is -2.21. The fourth-order valence-electron chi connectivity index (χ4n) is 4.43. The van der Waals surface area contributed by atoms with E-state index in [4.69, 9.17) is 0 Å². The number of fused-ring (bicyclic) bond motifs is 4. The van der Waals surface area contributed by atoms with Gasteiger partial charge < -0.3 is 0 Å². The molecule has 0 atom stereocenters. The highest BCUT2D eigenvalue weighted by atomic mass is 14.2. The number of hydrogen-bond acceptors (Lipinski definition) is 0. The third kappa shape index (κ3) is 1.82. The summed E-state index contributed by atoms with van der Waals surface area (Å²) in [6.45, 7) is 0. The second kappa shape index (κ2) is 4.70. The first-order chi connectivity index (χ1) is 12.4. The predicted molar refractivity (Wildman–Crippen MR) is 107 cm³/mol. The van der Waals surface area contributed by atoms with Gasteiger partial charge in [0.2, 0.25) is 0 Å². The molecule has 116 valence electrons. The Morgan fingerprint density at radius 2 is 1.12 bits per heavy atom. The SMILES string of the molecule is c1ccc2cc3cc4c(cc3cc2c1)Cc1cccc2cccc-4c12. The summed E-state index contributed by atoms with van der Waals surface area (Å²) in [6.07, 6.45) is 1.02. The summed E-state index contributed by atoms with van der Waals surface area (Å²) in [4.78, 5) is 0.